The van der Waals surface area contributed by atoms with Crippen molar-refractivity contribution >= 4 is 0 Å². The lowest BCUT2D eigenvalue weighted by Gasteiger charge is -2.14. The quantitative estimate of drug-likeness (QED) is 0.630. The minimum atomic E-state index is 0.660. The van der Waals surface area contributed by atoms with Gasteiger partial charge in [0.1, 0.15) is 0 Å². The van der Waals surface area contributed by atoms with Crippen molar-refractivity contribution in [2.45, 2.75) is 27.0 Å². The second-order valence-corrected chi connectivity index (χ2v) is 4.40. The summed E-state index contributed by atoms with van der Waals surface area (Å²) in [6, 6.07) is 8.58. The van der Waals surface area contributed by atoms with E-state index in [9.17, 15) is 0 Å². The fourth-order valence-electron chi connectivity index (χ4n) is 1.69. The smallest absolute Gasteiger partial charge is 0.0718 e. The largest absolute Gasteiger partial charge is 0.379 e. The maximum absolute atomic E-state index is 5.57. The first kappa shape index (κ1) is 15.2. The van der Waals surface area contributed by atoms with Crippen LogP contribution in [0.15, 0.2) is 24.3 Å². The molecule has 0 saturated heterocycles. The molecule has 0 spiro atoms. The summed E-state index contributed by atoms with van der Waals surface area (Å²) >= 11 is 0. The third-order valence-electron chi connectivity index (χ3n) is 2.83. The van der Waals surface area contributed by atoms with Crippen molar-refractivity contribution in [2.24, 2.45) is 0 Å². The van der Waals surface area contributed by atoms with Gasteiger partial charge in [-0.25, -0.2) is 0 Å². The first-order chi connectivity index (χ1) is 8.76. The van der Waals surface area contributed by atoms with Gasteiger partial charge >= 0.3 is 0 Å². The van der Waals surface area contributed by atoms with Crippen LogP contribution in [-0.4, -0.2) is 38.3 Å². The van der Waals surface area contributed by atoms with Crippen LogP contribution in [0.2, 0.25) is 0 Å². The molecule has 0 aliphatic heterocycles. The molecule has 0 heterocycles. The van der Waals surface area contributed by atoms with Crippen LogP contribution in [0.3, 0.4) is 0 Å². The Bertz CT molecular complexity index is 328. The Morgan fingerprint density at radius 1 is 1.06 bits per heavy atom. The average Bonchev–Trinajstić information content (AvgIpc) is 2.39. The predicted molar refractivity (Wildman–Crippen MR) is 74.6 cm³/mol. The van der Waals surface area contributed by atoms with Gasteiger partial charge in [-0.05, 0) is 31.6 Å². The van der Waals surface area contributed by atoms with E-state index < -0.39 is 0 Å². The third-order valence-corrected chi connectivity index (χ3v) is 2.83. The normalized spacial score (nSPS) is 11.1. The van der Waals surface area contributed by atoms with Crippen LogP contribution in [0, 0.1) is 0 Å². The summed E-state index contributed by atoms with van der Waals surface area (Å²) < 4.78 is 10.8. The number of benzene rings is 1. The Hall–Kier alpha value is -0.900. The van der Waals surface area contributed by atoms with Gasteiger partial charge in [-0.1, -0.05) is 31.2 Å². The number of ether oxygens (including phenoxy) is 2. The molecule has 3 heteroatoms. The SMILES string of the molecule is CCOCCOCc1cccc(CN(C)CC)c1. The molecule has 0 N–H and O–H groups in total. The van der Waals surface area contributed by atoms with Gasteiger partial charge in [0, 0.05) is 13.2 Å². The Balaban J connectivity index is 2.35. The zero-order chi connectivity index (χ0) is 13.2. The Morgan fingerprint density at radius 2 is 1.78 bits per heavy atom. The van der Waals surface area contributed by atoms with Crippen molar-refractivity contribution in [1.29, 1.82) is 0 Å². The predicted octanol–water partition coefficient (Wildman–Crippen LogP) is 2.69. The molecule has 1 aromatic carbocycles. The molecule has 102 valence electrons. The molecule has 18 heavy (non-hydrogen) atoms. The summed E-state index contributed by atoms with van der Waals surface area (Å²) in [5.74, 6) is 0. The van der Waals surface area contributed by atoms with Crippen LogP contribution >= 0.6 is 0 Å². The van der Waals surface area contributed by atoms with E-state index in [1.54, 1.807) is 0 Å². The molecule has 0 amide bonds. The van der Waals surface area contributed by atoms with Crippen LogP contribution in [0.4, 0.5) is 0 Å². The summed E-state index contributed by atoms with van der Waals surface area (Å²) in [7, 11) is 2.13. The molecular weight excluding hydrogens is 226 g/mol. The minimum Gasteiger partial charge on any atom is -0.379 e. The molecule has 0 aliphatic rings. The van der Waals surface area contributed by atoms with Crippen molar-refractivity contribution in [2.75, 3.05) is 33.4 Å². The number of hydrogen-bond acceptors (Lipinski definition) is 3. The van der Waals surface area contributed by atoms with Crippen molar-refractivity contribution in [3.05, 3.63) is 35.4 Å². The lowest BCUT2D eigenvalue weighted by molar-refractivity contribution is 0.0452. The van der Waals surface area contributed by atoms with Crippen molar-refractivity contribution in [1.82, 2.24) is 4.90 Å². The molecule has 0 aromatic heterocycles. The Morgan fingerprint density at radius 3 is 2.50 bits per heavy atom. The fourth-order valence-corrected chi connectivity index (χ4v) is 1.69. The van der Waals surface area contributed by atoms with Gasteiger partial charge in [0.25, 0.3) is 0 Å². The van der Waals surface area contributed by atoms with Gasteiger partial charge < -0.3 is 14.4 Å². The van der Waals surface area contributed by atoms with Gasteiger partial charge in [-0.15, -0.1) is 0 Å². The topological polar surface area (TPSA) is 21.7 Å². The highest BCUT2D eigenvalue weighted by molar-refractivity contribution is 5.22. The highest BCUT2D eigenvalue weighted by Gasteiger charge is 1.99. The van der Waals surface area contributed by atoms with E-state index in [0.29, 0.717) is 19.8 Å². The van der Waals surface area contributed by atoms with Crippen molar-refractivity contribution < 1.29 is 9.47 Å². The van der Waals surface area contributed by atoms with E-state index in [2.05, 4.69) is 43.1 Å². The molecule has 1 aromatic rings. The molecule has 0 radical (unpaired) electrons. The summed E-state index contributed by atoms with van der Waals surface area (Å²) in [5, 5.41) is 0. The van der Waals surface area contributed by atoms with Crippen LogP contribution < -0.4 is 0 Å². The summed E-state index contributed by atoms with van der Waals surface area (Å²) in [6.07, 6.45) is 0. The maximum Gasteiger partial charge on any atom is 0.0718 e. The summed E-state index contributed by atoms with van der Waals surface area (Å²) in [4.78, 5) is 2.29. The van der Waals surface area contributed by atoms with E-state index in [1.807, 2.05) is 6.92 Å². The first-order valence-corrected chi connectivity index (χ1v) is 6.68. The van der Waals surface area contributed by atoms with E-state index in [-0.39, 0.29) is 0 Å². The van der Waals surface area contributed by atoms with E-state index >= 15 is 0 Å². The van der Waals surface area contributed by atoms with E-state index in [0.717, 1.165) is 19.7 Å². The molecular formula is C15H25NO2. The van der Waals surface area contributed by atoms with Gasteiger partial charge in [0.15, 0.2) is 0 Å². The van der Waals surface area contributed by atoms with Gasteiger partial charge in [-0.3, -0.25) is 0 Å². The lowest BCUT2D eigenvalue weighted by Crippen LogP contribution is -2.16. The van der Waals surface area contributed by atoms with E-state index in [1.165, 1.54) is 11.1 Å². The monoisotopic (exact) mass is 251 g/mol. The maximum atomic E-state index is 5.57. The first-order valence-electron chi connectivity index (χ1n) is 6.68. The molecule has 0 unspecified atom stereocenters. The van der Waals surface area contributed by atoms with Crippen LogP contribution in [0.5, 0.6) is 0 Å². The Labute approximate surface area is 111 Å². The molecule has 0 saturated carbocycles. The summed E-state index contributed by atoms with van der Waals surface area (Å²) in [5.41, 5.74) is 2.57. The second-order valence-electron chi connectivity index (χ2n) is 4.40. The van der Waals surface area contributed by atoms with E-state index in [4.69, 9.17) is 9.47 Å². The van der Waals surface area contributed by atoms with Crippen LogP contribution in [0.1, 0.15) is 25.0 Å². The second kappa shape index (κ2) is 9.09. The zero-order valence-electron chi connectivity index (χ0n) is 11.8. The van der Waals surface area contributed by atoms with Crippen LogP contribution in [0.25, 0.3) is 0 Å². The summed E-state index contributed by atoms with van der Waals surface area (Å²) in [6.45, 7) is 8.97. The van der Waals surface area contributed by atoms with Gasteiger partial charge in [0.05, 0.1) is 19.8 Å². The molecule has 0 fully saturated rings. The highest BCUT2D eigenvalue weighted by atomic mass is 16.5. The molecule has 1 rings (SSSR count). The fraction of sp³-hybridized carbons (Fsp3) is 0.600. The van der Waals surface area contributed by atoms with Crippen molar-refractivity contribution in [3.63, 3.8) is 0 Å². The number of hydrogen-bond donors (Lipinski definition) is 0. The molecule has 0 bridgehead atoms. The average molecular weight is 251 g/mol. The number of rotatable bonds is 9. The van der Waals surface area contributed by atoms with Gasteiger partial charge in [0.2, 0.25) is 0 Å². The molecule has 3 nitrogen and oxygen atoms in total. The minimum absolute atomic E-state index is 0.660. The zero-order valence-corrected chi connectivity index (χ0v) is 11.8. The molecule has 0 aliphatic carbocycles. The van der Waals surface area contributed by atoms with Gasteiger partial charge in [-0.2, -0.15) is 0 Å². The lowest BCUT2D eigenvalue weighted by atomic mass is 10.1. The Kier molecular flexibility index (Phi) is 7.65. The highest BCUT2D eigenvalue weighted by Crippen LogP contribution is 2.08. The van der Waals surface area contributed by atoms with Crippen molar-refractivity contribution in [3.8, 4) is 0 Å². The number of nitrogens with zero attached hydrogens (tertiary/aromatic N) is 1. The standard InChI is InChI=1S/C15H25NO2/c1-4-16(3)12-14-7-6-8-15(11-14)13-18-10-9-17-5-2/h6-8,11H,4-5,9-10,12-13H2,1-3H3. The third kappa shape index (κ3) is 6.15. The van der Waals surface area contributed by atoms with Crippen LogP contribution in [-0.2, 0) is 22.6 Å². The molecule has 0 atom stereocenters.